The molecule has 20 heavy (non-hydrogen) atoms. The van der Waals surface area contributed by atoms with E-state index < -0.39 is 4.92 Å². The van der Waals surface area contributed by atoms with Gasteiger partial charge in [-0.05, 0) is 23.8 Å². The number of hydrogen-bond acceptors (Lipinski definition) is 4. The number of nitrogens with one attached hydrogen (secondary N) is 1. The van der Waals surface area contributed by atoms with Crippen LogP contribution >= 0.6 is 11.6 Å². The molecule has 2 rings (SSSR count). The van der Waals surface area contributed by atoms with E-state index in [1.165, 1.54) is 18.2 Å². The first-order valence-electron chi connectivity index (χ1n) is 5.91. The lowest BCUT2D eigenvalue weighted by molar-refractivity contribution is -0.384. The zero-order valence-corrected chi connectivity index (χ0v) is 11.6. The summed E-state index contributed by atoms with van der Waals surface area (Å²) in [4.78, 5) is 10.3. The summed E-state index contributed by atoms with van der Waals surface area (Å²) in [5.41, 5.74) is 1.53. The lowest BCUT2D eigenvalue weighted by atomic mass is 10.2. The van der Waals surface area contributed by atoms with Crippen molar-refractivity contribution < 1.29 is 9.66 Å². The lowest BCUT2D eigenvalue weighted by Gasteiger charge is -2.09. The van der Waals surface area contributed by atoms with Gasteiger partial charge >= 0.3 is 0 Å². The van der Waals surface area contributed by atoms with Crippen molar-refractivity contribution in [2.75, 3.05) is 12.4 Å². The second kappa shape index (κ2) is 6.25. The number of nitrogens with zero attached hydrogens (tertiary/aromatic N) is 1. The smallest absolute Gasteiger partial charge is 0.271 e. The summed E-state index contributed by atoms with van der Waals surface area (Å²) in [6.07, 6.45) is 0. The molecule has 0 spiro atoms. The molecule has 0 aliphatic carbocycles. The fraction of sp³-hybridized carbons (Fsp3) is 0.143. The van der Waals surface area contributed by atoms with E-state index >= 15 is 0 Å². The van der Waals surface area contributed by atoms with E-state index in [0.29, 0.717) is 17.3 Å². The molecule has 0 radical (unpaired) electrons. The Balaban J connectivity index is 2.13. The van der Waals surface area contributed by atoms with Gasteiger partial charge in [0.15, 0.2) is 0 Å². The van der Waals surface area contributed by atoms with E-state index in [1.807, 2.05) is 24.3 Å². The molecular formula is C14H13ClN2O3. The minimum absolute atomic E-state index is 0.00235. The standard InChI is InChI=1S/C14H13ClN2O3/c1-20-12-4-2-3-10(7-12)9-16-14-8-11(17(18)19)5-6-13(14)15/h2-8,16H,9H2,1H3. The van der Waals surface area contributed by atoms with E-state index in [2.05, 4.69) is 5.32 Å². The van der Waals surface area contributed by atoms with E-state index in [4.69, 9.17) is 16.3 Å². The Kier molecular flexibility index (Phi) is 4.42. The Morgan fingerprint density at radius 3 is 2.80 bits per heavy atom. The van der Waals surface area contributed by atoms with Crippen molar-refractivity contribution in [1.82, 2.24) is 0 Å². The highest BCUT2D eigenvalue weighted by Crippen LogP contribution is 2.27. The summed E-state index contributed by atoms with van der Waals surface area (Å²) in [6, 6.07) is 11.9. The molecule has 1 N–H and O–H groups in total. The number of methoxy groups -OCH3 is 1. The maximum Gasteiger partial charge on any atom is 0.271 e. The van der Waals surface area contributed by atoms with E-state index in [-0.39, 0.29) is 5.69 Å². The minimum Gasteiger partial charge on any atom is -0.497 e. The van der Waals surface area contributed by atoms with Crippen molar-refractivity contribution in [2.24, 2.45) is 0 Å². The first-order valence-corrected chi connectivity index (χ1v) is 6.28. The van der Waals surface area contributed by atoms with Gasteiger partial charge < -0.3 is 10.1 Å². The van der Waals surface area contributed by atoms with Crippen molar-refractivity contribution in [3.63, 3.8) is 0 Å². The molecule has 0 aliphatic rings. The number of benzene rings is 2. The monoisotopic (exact) mass is 292 g/mol. The van der Waals surface area contributed by atoms with Gasteiger partial charge in [-0.15, -0.1) is 0 Å². The number of nitro groups is 1. The largest absolute Gasteiger partial charge is 0.497 e. The summed E-state index contributed by atoms with van der Waals surface area (Å²) in [5, 5.41) is 14.3. The zero-order valence-electron chi connectivity index (χ0n) is 10.8. The van der Waals surface area contributed by atoms with Gasteiger partial charge in [-0.2, -0.15) is 0 Å². The fourth-order valence-corrected chi connectivity index (χ4v) is 1.93. The molecule has 104 valence electrons. The highest BCUT2D eigenvalue weighted by molar-refractivity contribution is 6.33. The van der Waals surface area contributed by atoms with Crippen molar-refractivity contribution in [3.05, 3.63) is 63.2 Å². The Hall–Kier alpha value is -2.27. The molecule has 0 aromatic heterocycles. The summed E-state index contributed by atoms with van der Waals surface area (Å²) < 4.78 is 5.14. The number of ether oxygens (including phenoxy) is 1. The van der Waals surface area contributed by atoms with Gasteiger partial charge in [0.2, 0.25) is 0 Å². The molecule has 0 atom stereocenters. The minimum atomic E-state index is -0.451. The molecule has 0 saturated carbocycles. The SMILES string of the molecule is COc1cccc(CNc2cc([N+](=O)[O-])ccc2Cl)c1. The van der Waals surface area contributed by atoms with E-state index in [9.17, 15) is 10.1 Å². The van der Waals surface area contributed by atoms with Crippen molar-refractivity contribution in [2.45, 2.75) is 6.54 Å². The molecule has 2 aromatic rings. The van der Waals surface area contributed by atoms with Crippen LogP contribution in [-0.2, 0) is 6.54 Å². The predicted octanol–water partition coefficient (Wildman–Crippen LogP) is 3.87. The van der Waals surface area contributed by atoms with Gasteiger partial charge in [-0.25, -0.2) is 0 Å². The third-order valence-corrected chi connectivity index (χ3v) is 3.11. The molecule has 0 heterocycles. The third kappa shape index (κ3) is 3.39. The van der Waals surface area contributed by atoms with Gasteiger partial charge in [-0.3, -0.25) is 10.1 Å². The van der Waals surface area contributed by atoms with Crippen LogP contribution in [0.3, 0.4) is 0 Å². The van der Waals surface area contributed by atoms with Crippen LogP contribution in [0.4, 0.5) is 11.4 Å². The average molecular weight is 293 g/mol. The molecule has 2 aromatic carbocycles. The Labute approximate surface area is 121 Å². The Morgan fingerprint density at radius 2 is 2.10 bits per heavy atom. The predicted molar refractivity (Wildman–Crippen MR) is 78.4 cm³/mol. The Bertz CT molecular complexity index is 632. The highest BCUT2D eigenvalue weighted by atomic mass is 35.5. The maximum absolute atomic E-state index is 10.7. The van der Waals surface area contributed by atoms with Crippen LogP contribution in [0.1, 0.15) is 5.56 Å². The number of non-ortho nitro benzene ring substituents is 1. The third-order valence-electron chi connectivity index (χ3n) is 2.78. The molecule has 0 aliphatic heterocycles. The number of nitro benzene ring substituents is 1. The van der Waals surface area contributed by atoms with Crippen LogP contribution in [0.5, 0.6) is 5.75 Å². The molecule has 0 amide bonds. The first kappa shape index (κ1) is 14.1. The van der Waals surface area contributed by atoms with Gasteiger partial charge in [-0.1, -0.05) is 23.7 Å². The number of halogens is 1. The molecule has 0 fully saturated rings. The average Bonchev–Trinajstić information content (AvgIpc) is 2.46. The van der Waals surface area contributed by atoms with Crippen LogP contribution in [0.2, 0.25) is 5.02 Å². The van der Waals surface area contributed by atoms with Crippen LogP contribution < -0.4 is 10.1 Å². The zero-order chi connectivity index (χ0) is 14.5. The van der Waals surface area contributed by atoms with Gasteiger partial charge in [0, 0.05) is 18.7 Å². The topological polar surface area (TPSA) is 64.4 Å². The normalized spacial score (nSPS) is 10.1. The summed E-state index contributed by atoms with van der Waals surface area (Å²) in [5.74, 6) is 0.759. The first-order chi connectivity index (χ1) is 9.60. The molecular weight excluding hydrogens is 280 g/mol. The summed E-state index contributed by atoms with van der Waals surface area (Å²) in [6.45, 7) is 0.498. The maximum atomic E-state index is 10.7. The van der Waals surface area contributed by atoms with Crippen molar-refractivity contribution in [3.8, 4) is 5.75 Å². The quantitative estimate of drug-likeness (QED) is 0.671. The number of rotatable bonds is 5. The van der Waals surface area contributed by atoms with Gasteiger partial charge in [0.25, 0.3) is 5.69 Å². The van der Waals surface area contributed by atoms with Crippen molar-refractivity contribution >= 4 is 23.0 Å². The van der Waals surface area contributed by atoms with Crippen LogP contribution in [-0.4, -0.2) is 12.0 Å². The number of anilines is 1. The molecule has 5 nitrogen and oxygen atoms in total. The summed E-state index contributed by atoms with van der Waals surface area (Å²) in [7, 11) is 1.60. The second-order valence-corrected chi connectivity index (χ2v) is 4.53. The highest BCUT2D eigenvalue weighted by Gasteiger charge is 2.09. The van der Waals surface area contributed by atoms with E-state index in [0.717, 1.165) is 11.3 Å². The molecule has 6 heteroatoms. The van der Waals surface area contributed by atoms with Gasteiger partial charge in [0.05, 0.1) is 22.7 Å². The molecule has 0 bridgehead atoms. The lowest BCUT2D eigenvalue weighted by Crippen LogP contribution is -2.01. The molecule has 0 unspecified atom stereocenters. The summed E-state index contributed by atoms with van der Waals surface area (Å²) >= 11 is 6.02. The van der Waals surface area contributed by atoms with E-state index in [1.54, 1.807) is 7.11 Å². The van der Waals surface area contributed by atoms with Crippen LogP contribution in [0.15, 0.2) is 42.5 Å². The number of hydrogen-bond donors (Lipinski definition) is 1. The Morgan fingerprint density at radius 1 is 1.30 bits per heavy atom. The molecule has 0 saturated heterocycles. The second-order valence-electron chi connectivity index (χ2n) is 4.13. The van der Waals surface area contributed by atoms with Crippen LogP contribution in [0.25, 0.3) is 0 Å². The van der Waals surface area contributed by atoms with Crippen molar-refractivity contribution in [1.29, 1.82) is 0 Å². The fourth-order valence-electron chi connectivity index (χ4n) is 1.74. The van der Waals surface area contributed by atoms with Gasteiger partial charge in [0.1, 0.15) is 5.75 Å². The van der Waals surface area contributed by atoms with Crippen LogP contribution in [0, 0.1) is 10.1 Å².